The van der Waals surface area contributed by atoms with Crippen LogP contribution >= 0.6 is 11.3 Å². The van der Waals surface area contributed by atoms with E-state index in [0.29, 0.717) is 16.4 Å². The van der Waals surface area contributed by atoms with Crippen LogP contribution in [0.1, 0.15) is 19.7 Å². The van der Waals surface area contributed by atoms with Gasteiger partial charge in [0.25, 0.3) is 0 Å². The van der Waals surface area contributed by atoms with E-state index in [0.717, 1.165) is 0 Å². The number of thiophene rings is 1. The first-order chi connectivity index (χ1) is 10.3. The molecule has 2 N–H and O–H groups in total. The molecule has 2 rings (SSSR count). The highest BCUT2D eigenvalue weighted by molar-refractivity contribution is 7.92. The molecule has 2 heterocycles. The zero-order valence-corrected chi connectivity index (χ0v) is 13.6. The Morgan fingerprint density at radius 3 is 2.91 bits per heavy atom. The molecule has 2 aromatic heterocycles. The molecule has 0 aromatic carbocycles. The predicted octanol–water partition coefficient (Wildman–Crippen LogP) is 1.82. The number of hydrogen-bond donors (Lipinski definition) is 2. The van der Waals surface area contributed by atoms with E-state index in [-0.39, 0.29) is 18.1 Å². The average molecular weight is 345 g/mol. The number of rotatable bonds is 7. The van der Waals surface area contributed by atoms with E-state index in [9.17, 15) is 13.2 Å². The first-order valence-corrected chi connectivity index (χ1v) is 8.98. The quantitative estimate of drug-likeness (QED) is 0.784. The molecule has 0 spiro atoms. The van der Waals surface area contributed by atoms with Gasteiger partial charge in [0.15, 0.2) is 0 Å². The van der Waals surface area contributed by atoms with Crippen molar-refractivity contribution in [3.63, 3.8) is 0 Å². The number of nitrogens with zero attached hydrogens (tertiary/aromatic N) is 2. The summed E-state index contributed by atoms with van der Waals surface area (Å²) < 4.78 is 30.4. The van der Waals surface area contributed by atoms with E-state index < -0.39 is 21.9 Å². The molecule has 0 radical (unpaired) electrons. The van der Waals surface area contributed by atoms with Gasteiger partial charge >= 0.3 is 5.97 Å². The van der Waals surface area contributed by atoms with Gasteiger partial charge in [-0.2, -0.15) is 4.98 Å². The zero-order valence-electron chi connectivity index (χ0n) is 11.9. The van der Waals surface area contributed by atoms with Gasteiger partial charge in [-0.25, -0.2) is 8.42 Å². The van der Waals surface area contributed by atoms with Crippen molar-refractivity contribution in [2.75, 3.05) is 10.5 Å². The summed E-state index contributed by atoms with van der Waals surface area (Å²) in [5.74, 6) is -1.05. The van der Waals surface area contributed by atoms with Crippen LogP contribution in [0.2, 0.25) is 0 Å². The Labute approximate surface area is 131 Å². The van der Waals surface area contributed by atoms with Crippen LogP contribution in [0.3, 0.4) is 0 Å². The number of hydrogen-bond acceptors (Lipinski definition) is 7. The third-order valence-electron chi connectivity index (χ3n) is 2.86. The van der Waals surface area contributed by atoms with Crippen LogP contribution in [-0.2, 0) is 21.2 Å². The molecular weight excluding hydrogens is 330 g/mol. The van der Waals surface area contributed by atoms with Gasteiger partial charge in [-0.1, -0.05) is 12.1 Å². The van der Waals surface area contributed by atoms with Crippen molar-refractivity contribution in [1.29, 1.82) is 0 Å². The van der Waals surface area contributed by atoms with Crippen LogP contribution in [0.5, 0.6) is 0 Å². The summed E-state index contributed by atoms with van der Waals surface area (Å²) in [7, 11) is -3.33. The molecule has 22 heavy (non-hydrogen) atoms. The third-order valence-corrected chi connectivity index (χ3v) is 5.13. The SMILES string of the molecule is CCS(=O)(=O)Nc1cc(-c2noc(CC(C)C(=O)O)n2)cs1. The van der Waals surface area contributed by atoms with Gasteiger partial charge in [-0.3, -0.25) is 9.52 Å². The van der Waals surface area contributed by atoms with Crippen molar-refractivity contribution < 1.29 is 22.8 Å². The standard InChI is InChI=1S/C12H15N3O5S2/c1-3-22(18,19)15-10-5-8(6-21-10)11-13-9(20-14-11)4-7(2)12(16)17/h5-7,15H,3-4H2,1-2H3,(H,16,17). The molecule has 1 atom stereocenters. The van der Waals surface area contributed by atoms with Crippen LogP contribution in [-0.4, -0.2) is 35.4 Å². The Bertz CT molecular complexity index is 765. The van der Waals surface area contributed by atoms with Crippen molar-refractivity contribution in [2.24, 2.45) is 5.92 Å². The number of aromatic nitrogens is 2. The van der Waals surface area contributed by atoms with E-state index in [1.165, 1.54) is 11.3 Å². The smallest absolute Gasteiger partial charge is 0.306 e. The molecular formula is C12H15N3O5S2. The van der Waals surface area contributed by atoms with Gasteiger partial charge in [0.2, 0.25) is 21.7 Å². The Hall–Kier alpha value is -1.94. The van der Waals surface area contributed by atoms with Crippen LogP contribution < -0.4 is 4.72 Å². The lowest BCUT2D eigenvalue weighted by molar-refractivity contribution is -0.141. The number of carboxylic acids is 1. The van der Waals surface area contributed by atoms with Crippen molar-refractivity contribution in [3.05, 3.63) is 17.3 Å². The van der Waals surface area contributed by atoms with Crippen LogP contribution in [0.15, 0.2) is 16.0 Å². The highest BCUT2D eigenvalue weighted by atomic mass is 32.2. The number of sulfonamides is 1. The van der Waals surface area contributed by atoms with Crippen LogP contribution in [0.4, 0.5) is 5.00 Å². The Balaban J connectivity index is 2.12. The molecule has 10 heteroatoms. The maximum atomic E-state index is 11.5. The molecule has 0 aliphatic carbocycles. The Kier molecular flexibility index (Phi) is 4.81. The average Bonchev–Trinajstić information content (AvgIpc) is 3.07. The lowest BCUT2D eigenvalue weighted by atomic mass is 10.1. The number of anilines is 1. The van der Waals surface area contributed by atoms with Crippen molar-refractivity contribution in [1.82, 2.24) is 10.1 Å². The van der Waals surface area contributed by atoms with Gasteiger partial charge in [0.05, 0.1) is 11.7 Å². The summed E-state index contributed by atoms with van der Waals surface area (Å²) in [6.45, 7) is 3.10. The maximum Gasteiger partial charge on any atom is 0.306 e. The van der Waals surface area contributed by atoms with Crippen molar-refractivity contribution >= 4 is 32.3 Å². The molecule has 120 valence electrons. The van der Waals surface area contributed by atoms with Gasteiger partial charge in [-0.15, -0.1) is 11.3 Å². The highest BCUT2D eigenvalue weighted by Gasteiger charge is 2.18. The molecule has 0 fully saturated rings. The summed E-state index contributed by atoms with van der Waals surface area (Å²) in [5.41, 5.74) is 0.608. The lowest BCUT2D eigenvalue weighted by Crippen LogP contribution is -2.13. The molecule has 0 aliphatic heterocycles. The second-order valence-corrected chi connectivity index (χ2v) is 7.58. The summed E-state index contributed by atoms with van der Waals surface area (Å²) in [6.07, 6.45) is 0.141. The Morgan fingerprint density at radius 1 is 1.55 bits per heavy atom. The van der Waals surface area contributed by atoms with Crippen LogP contribution in [0.25, 0.3) is 11.4 Å². The zero-order chi connectivity index (χ0) is 16.3. The second kappa shape index (κ2) is 6.44. The first-order valence-electron chi connectivity index (χ1n) is 6.45. The molecule has 1 unspecified atom stereocenters. The van der Waals surface area contributed by atoms with Crippen LogP contribution in [0, 0.1) is 5.92 Å². The highest BCUT2D eigenvalue weighted by Crippen LogP contribution is 2.28. The minimum Gasteiger partial charge on any atom is -0.481 e. The normalized spacial score (nSPS) is 13.0. The van der Waals surface area contributed by atoms with E-state index >= 15 is 0 Å². The predicted molar refractivity (Wildman–Crippen MR) is 81.2 cm³/mol. The number of carbonyl (C=O) groups is 1. The summed E-state index contributed by atoms with van der Waals surface area (Å²) in [6, 6.07) is 1.60. The fraction of sp³-hybridized carbons (Fsp3) is 0.417. The maximum absolute atomic E-state index is 11.5. The van der Waals surface area contributed by atoms with Crippen molar-refractivity contribution in [2.45, 2.75) is 20.3 Å². The first kappa shape index (κ1) is 16.4. The molecule has 0 saturated heterocycles. The molecule has 0 saturated carbocycles. The molecule has 0 amide bonds. The number of nitrogens with one attached hydrogen (secondary N) is 1. The van der Waals surface area contributed by atoms with Gasteiger partial charge < -0.3 is 9.63 Å². The molecule has 2 aromatic rings. The monoisotopic (exact) mass is 345 g/mol. The van der Waals surface area contributed by atoms with Gasteiger partial charge in [-0.05, 0) is 13.0 Å². The minimum absolute atomic E-state index is 0.0142. The summed E-state index contributed by atoms with van der Waals surface area (Å²) >= 11 is 1.21. The van der Waals surface area contributed by atoms with E-state index in [1.54, 1.807) is 25.3 Å². The van der Waals surface area contributed by atoms with Gasteiger partial charge in [0.1, 0.15) is 5.00 Å². The minimum atomic E-state index is -3.33. The fourth-order valence-corrected chi connectivity index (χ4v) is 3.24. The number of carboxylic acid groups (broad SMARTS) is 1. The topological polar surface area (TPSA) is 122 Å². The van der Waals surface area contributed by atoms with Gasteiger partial charge in [0, 0.05) is 17.4 Å². The molecule has 0 aliphatic rings. The summed E-state index contributed by atoms with van der Waals surface area (Å²) in [5, 5.41) is 14.8. The fourth-order valence-electron chi connectivity index (χ4n) is 1.54. The summed E-state index contributed by atoms with van der Waals surface area (Å²) in [4.78, 5) is 14.9. The third kappa shape index (κ3) is 4.04. The lowest BCUT2D eigenvalue weighted by Gasteiger charge is -2.00. The van der Waals surface area contributed by atoms with E-state index in [1.807, 2.05) is 0 Å². The molecule has 8 nitrogen and oxygen atoms in total. The Morgan fingerprint density at radius 2 is 2.27 bits per heavy atom. The largest absolute Gasteiger partial charge is 0.481 e. The number of aliphatic carboxylic acids is 1. The van der Waals surface area contributed by atoms with E-state index in [2.05, 4.69) is 14.9 Å². The molecule has 0 bridgehead atoms. The van der Waals surface area contributed by atoms with Crippen molar-refractivity contribution in [3.8, 4) is 11.4 Å². The van der Waals surface area contributed by atoms with E-state index in [4.69, 9.17) is 9.63 Å². The second-order valence-electron chi connectivity index (χ2n) is 4.66.